The van der Waals surface area contributed by atoms with Gasteiger partial charge in [-0.1, -0.05) is 122 Å². The third-order valence-electron chi connectivity index (χ3n) is 4.77. The first kappa shape index (κ1) is 21.2. The Hall–Kier alpha value is -1.12. The molecule has 0 aliphatic rings. The minimum atomic E-state index is 0.0480. The molecule has 0 heterocycles. The minimum Gasteiger partial charge on any atom is -0.369 e. The van der Waals surface area contributed by atoms with Crippen LogP contribution in [-0.4, -0.2) is 11.9 Å². The van der Waals surface area contributed by atoms with E-state index in [9.17, 15) is 0 Å². The van der Waals surface area contributed by atoms with Gasteiger partial charge in [-0.3, -0.25) is 0 Å². The van der Waals surface area contributed by atoms with Crippen LogP contribution in [0.2, 0.25) is 0 Å². The predicted molar refractivity (Wildman–Crippen MR) is 116 cm³/mol. The molecular formula is C24H33BrO. The van der Waals surface area contributed by atoms with E-state index in [0.717, 1.165) is 18.4 Å². The van der Waals surface area contributed by atoms with Crippen molar-refractivity contribution in [1.29, 1.82) is 0 Å². The van der Waals surface area contributed by atoms with Gasteiger partial charge in [0.15, 0.2) is 0 Å². The molecule has 1 nitrogen and oxygen atoms in total. The Kier molecular flexibility index (Phi) is 11.4. The molecule has 0 aromatic heterocycles. The summed E-state index contributed by atoms with van der Waals surface area (Å²) in [6, 6.07) is 21.1. The number of halogens is 1. The standard InChI is InChI=1S/C24H33BrO/c25-20-14-6-4-2-1-3-5-7-15-21-26-24(22-16-10-8-11-17-22)23-18-12-9-13-19-23/h8-13,16-19,24H,1-7,14-15,20-21H2. The van der Waals surface area contributed by atoms with Crippen molar-refractivity contribution in [2.24, 2.45) is 0 Å². The molecule has 0 saturated carbocycles. The first-order valence-electron chi connectivity index (χ1n) is 10.2. The lowest BCUT2D eigenvalue weighted by atomic mass is 10.0. The lowest BCUT2D eigenvalue weighted by Gasteiger charge is -2.19. The zero-order valence-electron chi connectivity index (χ0n) is 15.9. The average Bonchev–Trinajstić information content (AvgIpc) is 2.70. The van der Waals surface area contributed by atoms with Crippen LogP contribution in [0.15, 0.2) is 60.7 Å². The van der Waals surface area contributed by atoms with Gasteiger partial charge in [0.25, 0.3) is 0 Å². The van der Waals surface area contributed by atoms with E-state index in [4.69, 9.17) is 4.74 Å². The fourth-order valence-corrected chi connectivity index (χ4v) is 3.67. The van der Waals surface area contributed by atoms with Crippen molar-refractivity contribution in [1.82, 2.24) is 0 Å². The summed E-state index contributed by atoms with van der Waals surface area (Å²) in [5.41, 5.74) is 2.48. The smallest absolute Gasteiger partial charge is 0.108 e. The summed E-state index contributed by atoms with van der Waals surface area (Å²) < 4.78 is 6.28. The van der Waals surface area contributed by atoms with Gasteiger partial charge in [-0.2, -0.15) is 0 Å². The van der Waals surface area contributed by atoms with Crippen LogP contribution < -0.4 is 0 Å². The highest BCUT2D eigenvalue weighted by atomic mass is 79.9. The summed E-state index contributed by atoms with van der Waals surface area (Å²) in [5, 5.41) is 1.15. The first-order valence-corrected chi connectivity index (χ1v) is 11.3. The molecule has 0 spiro atoms. The van der Waals surface area contributed by atoms with Crippen LogP contribution in [0.3, 0.4) is 0 Å². The number of rotatable bonds is 14. The number of alkyl halides is 1. The van der Waals surface area contributed by atoms with E-state index in [1.165, 1.54) is 62.5 Å². The van der Waals surface area contributed by atoms with Gasteiger partial charge in [0.1, 0.15) is 6.10 Å². The predicted octanol–water partition coefficient (Wildman–Crippen LogP) is 7.70. The van der Waals surface area contributed by atoms with Gasteiger partial charge in [-0.25, -0.2) is 0 Å². The van der Waals surface area contributed by atoms with Crippen LogP contribution in [0.5, 0.6) is 0 Å². The fourth-order valence-electron chi connectivity index (χ4n) is 3.28. The van der Waals surface area contributed by atoms with Gasteiger partial charge in [0.2, 0.25) is 0 Å². The molecule has 0 saturated heterocycles. The van der Waals surface area contributed by atoms with E-state index in [0.29, 0.717) is 0 Å². The molecule has 2 aromatic rings. The molecule has 0 fully saturated rings. The van der Waals surface area contributed by atoms with Gasteiger partial charge in [-0.15, -0.1) is 0 Å². The Morgan fingerprint density at radius 2 is 1.00 bits per heavy atom. The van der Waals surface area contributed by atoms with E-state index < -0.39 is 0 Å². The quantitative estimate of drug-likeness (QED) is 0.226. The molecule has 142 valence electrons. The van der Waals surface area contributed by atoms with E-state index >= 15 is 0 Å². The maximum absolute atomic E-state index is 6.28. The Morgan fingerprint density at radius 1 is 0.577 bits per heavy atom. The second-order valence-corrected chi connectivity index (χ2v) is 7.74. The lowest BCUT2D eigenvalue weighted by Crippen LogP contribution is -2.07. The van der Waals surface area contributed by atoms with Crippen molar-refractivity contribution in [2.45, 2.75) is 63.9 Å². The van der Waals surface area contributed by atoms with Crippen LogP contribution in [0.4, 0.5) is 0 Å². The zero-order valence-corrected chi connectivity index (χ0v) is 17.5. The lowest BCUT2D eigenvalue weighted by molar-refractivity contribution is 0.0768. The summed E-state index contributed by atoms with van der Waals surface area (Å²) in [6.07, 6.45) is 12.1. The molecule has 0 atom stereocenters. The zero-order chi connectivity index (χ0) is 18.3. The van der Waals surface area contributed by atoms with Crippen LogP contribution in [0.1, 0.15) is 75.0 Å². The van der Waals surface area contributed by atoms with Crippen LogP contribution in [0, 0.1) is 0 Å². The largest absolute Gasteiger partial charge is 0.369 e. The van der Waals surface area contributed by atoms with Gasteiger partial charge in [-0.05, 0) is 24.0 Å². The Morgan fingerprint density at radius 3 is 1.46 bits per heavy atom. The number of benzene rings is 2. The van der Waals surface area contributed by atoms with Crippen molar-refractivity contribution in [3.8, 4) is 0 Å². The van der Waals surface area contributed by atoms with Crippen LogP contribution in [-0.2, 0) is 4.74 Å². The third-order valence-corrected chi connectivity index (χ3v) is 5.33. The highest BCUT2D eigenvalue weighted by molar-refractivity contribution is 9.09. The van der Waals surface area contributed by atoms with Gasteiger partial charge >= 0.3 is 0 Å². The molecule has 0 aliphatic carbocycles. The Labute approximate surface area is 168 Å². The van der Waals surface area contributed by atoms with Crippen molar-refractivity contribution in [3.05, 3.63) is 71.8 Å². The molecule has 2 aromatic carbocycles. The molecule has 0 amide bonds. The molecule has 0 N–H and O–H groups in total. The van der Waals surface area contributed by atoms with E-state index in [1.54, 1.807) is 0 Å². The topological polar surface area (TPSA) is 9.23 Å². The number of ether oxygens (including phenoxy) is 1. The molecule has 0 unspecified atom stereocenters. The molecule has 26 heavy (non-hydrogen) atoms. The Balaban J connectivity index is 1.64. The maximum Gasteiger partial charge on any atom is 0.108 e. The van der Waals surface area contributed by atoms with Gasteiger partial charge in [0, 0.05) is 11.9 Å². The molecule has 0 bridgehead atoms. The summed E-state index contributed by atoms with van der Waals surface area (Å²) in [5.74, 6) is 0. The molecule has 0 radical (unpaired) electrons. The minimum absolute atomic E-state index is 0.0480. The normalized spacial score (nSPS) is 11.2. The molecule has 2 rings (SSSR count). The highest BCUT2D eigenvalue weighted by Crippen LogP contribution is 2.26. The van der Waals surface area contributed by atoms with Crippen LogP contribution >= 0.6 is 15.9 Å². The summed E-state index contributed by atoms with van der Waals surface area (Å²) in [7, 11) is 0. The van der Waals surface area contributed by atoms with Crippen molar-refractivity contribution < 1.29 is 4.74 Å². The van der Waals surface area contributed by atoms with Gasteiger partial charge in [0.05, 0.1) is 0 Å². The third kappa shape index (κ3) is 8.51. The number of unbranched alkanes of at least 4 members (excludes halogenated alkanes) is 8. The van der Waals surface area contributed by atoms with E-state index in [-0.39, 0.29) is 6.10 Å². The van der Waals surface area contributed by atoms with Crippen LogP contribution in [0.25, 0.3) is 0 Å². The highest BCUT2D eigenvalue weighted by Gasteiger charge is 2.13. The van der Waals surface area contributed by atoms with E-state index in [1.807, 2.05) is 0 Å². The average molecular weight is 417 g/mol. The fraction of sp³-hybridized carbons (Fsp3) is 0.500. The summed E-state index contributed by atoms with van der Waals surface area (Å²) >= 11 is 3.50. The van der Waals surface area contributed by atoms with Gasteiger partial charge < -0.3 is 4.74 Å². The molecule has 0 aliphatic heterocycles. The second kappa shape index (κ2) is 14.0. The monoisotopic (exact) mass is 416 g/mol. The van der Waals surface area contributed by atoms with Crippen molar-refractivity contribution >= 4 is 15.9 Å². The number of hydrogen-bond acceptors (Lipinski definition) is 1. The summed E-state index contributed by atoms with van der Waals surface area (Å²) in [4.78, 5) is 0. The Bertz CT molecular complexity index is 515. The van der Waals surface area contributed by atoms with Crippen molar-refractivity contribution in [3.63, 3.8) is 0 Å². The summed E-state index contributed by atoms with van der Waals surface area (Å²) in [6.45, 7) is 0.833. The molecule has 2 heteroatoms. The second-order valence-electron chi connectivity index (χ2n) is 6.94. The molecular weight excluding hydrogens is 384 g/mol. The maximum atomic E-state index is 6.28. The van der Waals surface area contributed by atoms with Crippen molar-refractivity contribution in [2.75, 3.05) is 11.9 Å². The number of hydrogen-bond donors (Lipinski definition) is 0. The van der Waals surface area contributed by atoms with E-state index in [2.05, 4.69) is 76.6 Å². The first-order chi connectivity index (χ1) is 12.9. The SMILES string of the molecule is BrCCCCCCCCCCCOC(c1ccccc1)c1ccccc1.